The van der Waals surface area contributed by atoms with E-state index in [-0.39, 0.29) is 0 Å². The van der Waals surface area contributed by atoms with Crippen molar-refractivity contribution in [3.63, 3.8) is 0 Å². The molecule has 0 radical (unpaired) electrons. The Kier molecular flexibility index (Phi) is 6.86. The quantitative estimate of drug-likeness (QED) is 0.752. The molecule has 0 spiro atoms. The average Bonchev–Trinajstić information content (AvgIpc) is 2.66. The van der Waals surface area contributed by atoms with Crippen molar-refractivity contribution in [2.45, 2.75) is 32.4 Å². The summed E-state index contributed by atoms with van der Waals surface area (Å²) in [6.45, 7) is 5.82. The fraction of sp³-hybridized carbons (Fsp3) is 0.381. The second-order valence-electron chi connectivity index (χ2n) is 6.56. The van der Waals surface area contributed by atoms with Gasteiger partial charge in [-0.15, -0.1) is 0 Å². The molecule has 5 heteroatoms. The van der Waals surface area contributed by atoms with Crippen molar-refractivity contribution >= 4 is 23.0 Å². The zero-order valence-electron chi connectivity index (χ0n) is 15.3. The van der Waals surface area contributed by atoms with Crippen LogP contribution in [0.5, 0.6) is 5.75 Å². The predicted octanol–water partition coefficient (Wildman–Crippen LogP) is 4.04. The standard InChI is InChI=1S/C21H27N3OS/c1-2-25-20-11-7-6-10-19(20)23-21(26)22-18-12-14-24(15-13-18)16-17-8-4-3-5-9-17/h3-11,18H,2,12-16H2,1H3,(H2,22,23,26). The van der Waals surface area contributed by atoms with Crippen LogP contribution in [0.3, 0.4) is 0 Å². The highest BCUT2D eigenvalue weighted by Gasteiger charge is 2.20. The van der Waals surface area contributed by atoms with Gasteiger partial charge in [0.1, 0.15) is 5.75 Å². The zero-order chi connectivity index (χ0) is 18.2. The van der Waals surface area contributed by atoms with Crippen LogP contribution in [0.2, 0.25) is 0 Å². The number of piperidine rings is 1. The van der Waals surface area contributed by atoms with Crippen LogP contribution < -0.4 is 15.4 Å². The first kappa shape index (κ1) is 18.7. The van der Waals surface area contributed by atoms with Gasteiger partial charge in [0.2, 0.25) is 0 Å². The van der Waals surface area contributed by atoms with Crippen molar-refractivity contribution in [1.29, 1.82) is 0 Å². The summed E-state index contributed by atoms with van der Waals surface area (Å²) < 4.78 is 5.64. The molecule has 0 aliphatic carbocycles. The van der Waals surface area contributed by atoms with E-state index in [4.69, 9.17) is 17.0 Å². The van der Waals surface area contributed by atoms with E-state index in [2.05, 4.69) is 45.9 Å². The SMILES string of the molecule is CCOc1ccccc1NC(=S)NC1CCN(Cc2ccccc2)CC1. The Morgan fingerprint density at radius 3 is 2.50 bits per heavy atom. The maximum atomic E-state index is 5.64. The molecule has 0 atom stereocenters. The second-order valence-corrected chi connectivity index (χ2v) is 6.97. The highest BCUT2D eigenvalue weighted by Crippen LogP contribution is 2.23. The molecule has 26 heavy (non-hydrogen) atoms. The van der Waals surface area contributed by atoms with E-state index < -0.39 is 0 Å². The third kappa shape index (κ3) is 5.44. The molecule has 2 aromatic rings. The summed E-state index contributed by atoms with van der Waals surface area (Å²) in [5.74, 6) is 0.830. The van der Waals surface area contributed by atoms with Crippen molar-refractivity contribution in [1.82, 2.24) is 10.2 Å². The molecule has 1 aliphatic rings. The van der Waals surface area contributed by atoms with Gasteiger partial charge >= 0.3 is 0 Å². The van der Waals surface area contributed by atoms with Crippen molar-refractivity contribution in [3.05, 3.63) is 60.2 Å². The first-order valence-electron chi connectivity index (χ1n) is 9.30. The van der Waals surface area contributed by atoms with Gasteiger partial charge in [-0.2, -0.15) is 0 Å². The molecule has 0 saturated carbocycles. The normalized spacial score (nSPS) is 15.4. The topological polar surface area (TPSA) is 36.5 Å². The van der Waals surface area contributed by atoms with Crippen molar-refractivity contribution in [2.75, 3.05) is 25.0 Å². The van der Waals surface area contributed by atoms with E-state index in [1.807, 2.05) is 31.2 Å². The number of hydrogen-bond donors (Lipinski definition) is 2. The Balaban J connectivity index is 1.45. The third-order valence-corrected chi connectivity index (χ3v) is 4.83. The molecule has 1 fully saturated rings. The third-order valence-electron chi connectivity index (χ3n) is 4.61. The Morgan fingerprint density at radius 1 is 1.08 bits per heavy atom. The van der Waals surface area contributed by atoms with Gasteiger partial charge < -0.3 is 15.4 Å². The maximum Gasteiger partial charge on any atom is 0.171 e. The lowest BCUT2D eigenvalue weighted by Crippen LogP contribution is -2.45. The van der Waals surface area contributed by atoms with Crippen LogP contribution in [-0.2, 0) is 6.54 Å². The first-order valence-corrected chi connectivity index (χ1v) is 9.71. The Morgan fingerprint density at radius 2 is 1.77 bits per heavy atom. The summed E-state index contributed by atoms with van der Waals surface area (Å²) in [6.07, 6.45) is 2.20. The number of nitrogens with one attached hydrogen (secondary N) is 2. The molecule has 0 bridgehead atoms. The number of thiocarbonyl (C=S) groups is 1. The summed E-state index contributed by atoms with van der Waals surface area (Å²) in [6, 6.07) is 19.0. The predicted molar refractivity (Wildman–Crippen MR) is 112 cm³/mol. The fourth-order valence-electron chi connectivity index (χ4n) is 3.27. The summed E-state index contributed by atoms with van der Waals surface area (Å²) in [5, 5.41) is 7.40. The summed E-state index contributed by atoms with van der Waals surface area (Å²) in [4.78, 5) is 2.51. The fourth-order valence-corrected chi connectivity index (χ4v) is 3.55. The van der Waals surface area contributed by atoms with Gasteiger partial charge in [0.05, 0.1) is 12.3 Å². The highest BCUT2D eigenvalue weighted by molar-refractivity contribution is 7.80. The molecule has 3 rings (SSSR count). The van der Waals surface area contributed by atoms with Crippen LogP contribution in [0.1, 0.15) is 25.3 Å². The van der Waals surface area contributed by atoms with Crippen molar-refractivity contribution < 1.29 is 4.74 Å². The summed E-state index contributed by atoms with van der Waals surface area (Å²) in [7, 11) is 0. The second kappa shape index (κ2) is 9.55. The van der Waals surface area contributed by atoms with Crippen LogP contribution in [0.25, 0.3) is 0 Å². The van der Waals surface area contributed by atoms with Gasteiger partial charge in [0.25, 0.3) is 0 Å². The minimum atomic E-state index is 0.418. The van der Waals surface area contributed by atoms with Gasteiger partial charge in [0, 0.05) is 25.7 Å². The van der Waals surface area contributed by atoms with Crippen LogP contribution in [0, 0.1) is 0 Å². The largest absolute Gasteiger partial charge is 0.492 e. The number of anilines is 1. The molecule has 0 amide bonds. The summed E-state index contributed by atoms with van der Waals surface area (Å²) in [5.41, 5.74) is 2.29. The molecule has 4 nitrogen and oxygen atoms in total. The van der Waals surface area contributed by atoms with E-state index in [0.717, 1.165) is 43.9 Å². The maximum absolute atomic E-state index is 5.64. The lowest BCUT2D eigenvalue weighted by molar-refractivity contribution is 0.199. The van der Waals surface area contributed by atoms with Gasteiger partial charge in [-0.1, -0.05) is 42.5 Å². The van der Waals surface area contributed by atoms with Gasteiger partial charge in [-0.25, -0.2) is 0 Å². The van der Waals surface area contributed by atoms with Crippen molar-refractivity contribution in [3.8, 4) is 5.75 Å². The molecule has 1 saturated heterocycles. The monoisotopic (exact) mass is 369 g/mol. The number of hydrogen-bond acceptors (Lipinski definition) is 3. The van der Waals surface area contributed by atoms with E-state index in [0.29, 0.717) is 17.8 Å². The highest BCUT2D eigenvalue weighted by atomic mass is 32.1. The smallest absolute Gasteiger partial charge is 0.171 e. The zero-order valence-corrected chi connectivity index (χ0v) is 16.1. The van der Waals surface area contributed by atoms with Crippen LogP contribution in [0.15, 0.2) is 54.6 Å². The molecule has 2 N–H and O–H groups in total. The molecule has 2 aromatic carbocycles. The number of likely N-dealkylation sites (tertiary alicyclic amines) is 1. The lowest BCUT2D eigenvalue weighted by atomic mass is 10.0. The molecular weight excluding hydrogens is 342 g/mol. The number of rotatable bonds is 6. The number of para-hydroxylation sites is 2. The summed E-state index contributed by atoms with van der Waals surface area (Å²) >= 11 is 5.50. The first-order chi connectivity index (χ1) is 12.7. The Labute approximate surface area is 161 Å². The molecule has 1 aliphatic heterocycles. The van der Waals surface area contributed by atoms with Crippen LogP contribution in [0.4, 0.5) is 5.69 Å². The van der Waals surface area contributed by atoms with E-state index >= 15 is 0 Å². The minimum Gasteiger partial charge on any atom is -0.492 e. The van der Waals surface area contributed by atoms with E-state index in [1.54, 1.807) is 0 Å². The molecule has 138 valence electrons. The average molecular weight is 370 g/mol. The van der Waals surface area contributed by atoms with Crippen LogP contribution in [-0.4, -0.2) is 35.8 Å². The van der Waals surface area contributed by atoms with Gasteiger partial charge in [-0.05, 0) is 49.7 Å². The van der Waals surface area contributed by atoms with Gasteiger partial charge in [0.15, 0.2) is 5.11 Å². The minimum absolute atomic E-state index is 0.418. The van der Waals surface area contributed by atoms with Gasteiger partial charge in [-0.3, -0.25) is 4.90 Å². The lowest BCUT2D eigenvalue weighted by Gasteiger charge is -2.33. The van der Waals surface area contributed by atoms with Crippen molar-refractivity contribution in [2.24, 2.45) is 0 Å². The molecule has 1 heterocycles. The van der Waals surface area contributed by atoms with E-state index in [9.17, 15) is 0 Å². The Hall–Kier alpha value is -2.11. The molecular formula is C21H27N3OS. The molecule has 0 unspecified atom stereocenters. The van der Waals surface area contributed by atoms with E-state index in [1.165, 1.54) is 5.56 Å². The van der Waals surface area contributed by atoms with Crippen LogP contribution >= 0.6 is 12.2 Å². The number of benzene rings is 2. The Bertz CT molecular complexity index is 699. The number of nitrogens with zero attached hydrogens (tertiary/aromatic N) is 1. The molecule has 0 aromatic heterocycles. The number of ether oxygens (including phenoxy) is 1.